The Morgan fingerprint density at radius 3 is 2.53 bits per heavy atom. The molecule has 0 bridgehead atoms. The van der Waals surface area contributed by atoms with Gasteiger partial charge in [-0.05, 0) is 65.9 Å². The van der Waals surface area contributed by atoms with Crippen molar-refractivity contribution in [3.8, 4) is 22.3 Å². The van der Waals surface area contributed by atoms with Gasteiger partial charge in [-0.3, -0.25) is 0 Å². The number of hydrogen-bond donors (Lipinski definition) is 2. The Kier molecular flexibility index (Phi) is 7.13. The number of hydrogen-bond acceptors (Lipinski definition) is 8. The highest BCUT2D eigenvalue weighted by molar-refractivity contribution is 8.00. The van der Waals surface area contributed by atoms with E-state index in [4.69, 9.17) is 5.73 Å². The van der Waals surface area contributed by atoms with Gasteiger partial charge in [-0.15, -0.1) is 22.7 Å². The molecular formula is C32H24F3N5S3. The second-order valence-electron chi connectivity index (χ2n) is 10.1. The zero-order valence-corrected chi connectivity index (χ0v) is 25.1. The van der Waals surface area contributed by atoms with Crippen LogP contribution in [-0.2, 0) is 6.18 Å². The zero-order valence-electron chi connectivity index (χ0n) is 22.7. The number of thiophene rings is 1. The van der Waals surface area contributed by atoms with Gasteiger partial charge in [0.25, 0.3) is 0 Å². The molecule has 216 valence electrons. The first-order valence-electron chi connectivity index (χ1n) is 13.4. The molecule has 2 atom stereocenters. The molecular weight excluding hydrogens is 608 g/mol. The van der Waals surface area contributed by atoms with Crippen molar-refractivity contribution in [1.29, 1.82) is 0 Å². The molecule has 0 amide bonds. The van der Waals surface area contributed by atoms with E-state index in [9.17, 15) is 13.2 Å². The van der Waals surface area contributed by atoms with Crippen molar-refractivity contribution in [2.75, 3.05) is 10.2 Å². The number of nitrogens with two attached hydrogens (primary N) is 1. The van der Waals surface area contributed by atoms with E-state index >= 15 is 0 Å². The number of thiazole rings is 1. The molecule has 2 unspecified atom stereocenters. The van der Waals surface area contributed by atoms with Crippen LogP contribution in [0.25, 0.3) is 32.5 Å². The number of fused-ring (bicyclic) bond motifs is 2. The zero-order chi connectivity index (χ0) is 29.7. The van der Waals surface area contributed by atoms with Crippen LogP contribution in [0.4, 0.5) is 30.4 Å². The maximum atomic E-state index is 14.4. The van der Waals surface area contributed by atoms with Gasteiger partial charge in [-0.1, -0.05) is 54.2 Å². The number of nitrogens with one attached hydrogen (secondary N) is 1. The predicted molar refractivity (Wildman–Crippen MR) is 172 cm³/mol. The number of thioether (sulfide) groups is 1. The molecule has 0 fully saturated rings. The molecule has 0 aliphatic carbocycles. The molecule has 0 radical (unpaired) electrons. The molecule has 11 heteroatoms. The van der Waals surface area contributed by atoms with Crippen molar-refractivity contribution in [3.63, 3.8) is 0 Å². The Hall–Kier alpha value is -3.90. The minimum atomic E-state index is -4.66. The second kappa shape index (κ2) is 11.0. The lowest BCUT2D eigenvalue weighted by atomic mass is 9.93. The van der Waals surface area contributed by atoms with Crippen molar-refractivity contribution in [2.45, 2.75) is 29.5 Å². The lowest BCUT2D eigenvalue weighted by molar-refractivity contribution is -0.141. The van der Waals surface area contributed by atoms with Crippen LogP contribution in [0.5, 0.6) is 0 Å². The number of rotatable bonds is 6. The average molecular weight is 632 g/mol. The predicted octanol–water partition coefficient (Wildman–Crippen LogP) is 9.76. The van der Waals surface area contributed by atoms with E-state index in [0.29, 0.717) is 22.2 Å². The Labute approximate surface area is 258 Å². The fourth-order valence-corrected chi connectivity index (χ4v) is 7.84. The van der Waals surface area contributed by atoms with E-state index in [1.807, 2.05) is 96.1 Å². The van der Waals surface area contributed by atoms with Gasteiger partial charge in [0, 0.05) is 26.6 Å². The lowest BCUT2D eigenvalue weighted by Gasteiger charge is -2.25. The molecule has 43 heavy (non-hydrogen) atoms. The van der Waals surface area contributed by atoms with Crippen molar-refractivity contribution in [1.82, 2.24) is 9.97 Å². The van der Waals surface area contributed by atoms with Gasteiger partial charge in [0.2, 0.25) is 0 Å². The van der Waals surface area contributed by atoms with Crippen LogP contribution < -0.4 is 16.0 Å². The monoisotopic (exact) mass is 631 g/mol. The van der Waals surface area contributed by atoms with Gasteiger partial charge in [0.15, 0.2) is 0 Å². The number of pyridine rings is 1. The van der Waals surface area contributed by atoms with Crippen LogP contribution in [-0.4, -0.2) is 15.5 Å². The normalized spacial score (nSPS) is 15.6. The summed E-state index contributed by atoms with van der Waals surface area (Å²) in [5.74, 6) is 0.152. The van der Waals surface area contributed by atoms with E-state index in [2.05, 4.69) is 15.3 Å². The van der Waals surface area contributed by atoms with E-state index < -0.39 is 11.9 Å². The van der Waals surface area contributed by atoms with Gasteiger partial charge >= 0.3 is 6.18 Å². The number of para-hydroxylation sites is 2. The molecule has 1 aliphatic rings. The molecule has 3 aromatic carbocycles. The smallest absolute Gasteiger partial charge is 0.362 e. The second-order valence-corrected chi connectivity index (χ2v) is 13.1. The van der Waals surface area contributed by atoms with Gasteiger partial charge in [-0.2, -0.15) is 13.2 Å². The van der Waals surface area contributed by atoms with Crippen molar-refractivity contribution < 1.29 is 13.2 Å². The third-order valence-electron chi connectivity index (χ3n) is 7.33. The van der Waals surface area contributed by atoms with Crippen molar-refractivity contribution in [3.05, 3.63) is 106 Å². The molecule has 1 aliphatic heterocycles. The summed E-state index contributed by atoms with van der Waals surface area (Å²) in [5, 5.41) is 5.28. The minimum Gasteiger partial charge on any atom is -0.362 e. The molecule has 0 saturated heterocycles. The lowest BCUT2D eigenvalue weighted by Crippen LogP contribution is -2.31. The topological polar surface area (TPSA) is 67.1 Å². The summed E-state index contributed by atoms with van der Waals surface area (Å²) in [5.41, 5.74) is 11.7. The average Bonchev–Trinajstić information content (AvgIpc) is 3.76. The molecule has 0 saturated carbocycles. The number of benzene rings is 3. The third-order valence-corrected chi connectivity index (χ3v) is 10.2. The standard InChI is InChI=1S/C32H24F3N5S3/c1-18(24-11-6-14-41-24)38-30-28(19-12-13-25-23(15-19)40(31(36)43-25)20-7-3-2-4-8-20)22(16-27(39-30)32(33,34)35)21-9-5-10-26-29(21)37-17-42-26/h2-18,31H,36H2,1H3,(H,38,39). The summed E-state index contributed by atoms with van der Waals surface area (Å²) < 4.78 is 44.1. The van der Waals surface area contributed by atoms with Gasteiger partial charge in [-0.25, -0.2) is 9.97 Å². The molecule has 4 heterocycles. The third kappa shape index (κ3) is 5.16. The number of alkyl halides is 3. The molecule has 0 spiro atoms. The van der Waals surface area contributed by atoms with Crippen LogP contribution in [0, 0.1) is 0 Å². The SMILES string of the molecule is CC(Nc1nc(C(F)(F)F)cc(-c2cccc3scnc23)c1-c1ccc2c(c1)N(c1ccccc1)C(N)S2)c1cccs1. The summed E-state index contributed by atoms with van der Waals surface area (Å²) in [6.07, 6.45) is -4.66. The van der Waals surface area contributed by atoms with Gasteiger partial charge < -0.3 is 16.0 Å². The summed E-state index contributed by atoms with van der Waals surface area (Å²) in [7, 11) is 0. The maximum absolute atomic E-state index is 14.4. The maximum Gasteiger partial charge on any atom is 0.433 e. The first-order chi connectivity index (χ1) is 20.8. The quantitative estimate of drug-likeness (QED) is 0.191. The summed E-state index contributed by atoms with van der Waals surface area (Å²) in [6, 6.07) is 26.1. The Bertz CT molecular complexity index is 1920. The van der Waals surface area contributed by atoms with Crippen LogP contribution in [0.15, 0.2) is 101 Å². The molecule has 3 aromatic heterocycles. The Morgan fingerprint density at radius 2 is 1.77 bits per heavy atom. The van der Waals surface area contributed by atoms with Crippen LogP contribution in [0.2, 0.25) is 0 Å². The molecule has 3 N–H and O–H groups in total. The summed E-state index contributed by atoms with van der Waals surface area (Å²) >= 11 is 4.52. The van der Waals surface area contributed by atoms with Crippen molar-refractivity contribution >= 4 is 61.8 Å². The highest BCUT2D eigenvalue weighted by atomic mass is 32.2. The van der Waals surface area contributed by atoms with Crippen LogP contribution in [0.3, 0.4) is 0 Å². The Morgan fingerprint density at radius 1 is 0.930 bits per heavy atom. The van der Waals surface area contributed by atoms with E-state index in [1.54, 1.807) is 5.51 Å². The summed E-state index contributed by atoms with van der Waals surface area (Å²) in [6.45, 7) is 1.92. The van der Waals surface area contributed by atoms with E-state index in [0.717, 1.165) is 37.5 Å². The fraction of sp³-hybridized carbons (Fsp3) is 0.125. The number of aromatic nitrogens is 2. The van der Waals surface area contributed by atoms with E-state index in [1.165, 1.54) is 34.4 Å². The van der Waals surface area contributed by atoms with Crippen LogP contribution in [0.1, 0.15) is 23.5 Å². The minimum absolute atomic E-state index is 0.152. The number of nitrogens with zero attached hydrogens (tertiary/aromatic N) is 3. The molecule has 5 nitrogen and oxygen atoms in total. The van der Waals surface area contributed by atoms with E-state index in [-0.39, 0.29) is 17.4 Å². The highest BCUT2D eigenvalue weighted by Gasteiger charge is 2.36. The van der Waals surface area contributed by atoms with Gasteiger partial charge in [0.1, 0.15) is 17.0 Å². The molecule has 6 aromatic rings. The van der Waals surface area contributed by atoms with Gasteiger partial charge in [0.05, 0.1) is 27.5 Å². The first kappa shape index (κ1) is 27.9. The summed E-state index contributed by atoms with van der Waals surface area (Å²) in [4.78, 5) is 12.8. The fourth-order valence-electron chi connectivity index (χ4n) is 5.37. The van der Waals surface area contributed by atoms with Crippen molar-refractivity contribution in [2.24, 2.45) is 5.73 Å². The first-order valence-corrected chi connectivity index (χ1v) is 16.1. The number of anilines is 3. The Balaban J connectivity index is 1.49. The van der Waals surface area contributed by atoms with Crippen LogP contribution >= 0.6 is 34.4 Å². The highest BCUT2D eigenvalue weighted by Crippen LogP contribution is 2.50. The largest absolute Gasteiger partial charge is 0.433 e. The molecule has 7 rings (SSSR count). The number of halogens is 3.